The van der Waals surface area contributed by atoms with Crippen molar-refractivity contribution < 1.29 is 0 Å². The summed E-state index contributed by atoms with van der Waals surface area (Å²) in [4.78, 5) is 32.0. The molecule has 24 heavy (non-hydrogen) atoms. The lowest BCUT2D eigenvalue weighted by molar-refractivity contribution is 0.657. The summed E-state index contributed by atoms with van der Waals surface area (Å²) in [6.45, 7) is 2.56. The zero-order chi connectivity index (χ0) is 16.7. The predicted molar refractivity (Wildman–Crippen MR) is 101 cm³/mol. The molecule has 1 aromatic carbocycles. The Kier molecular flexibility index (Phi) is 3.78. The molecule has 0 aliphatic rings. The molecule has 4 aromatic rings. The van der Waals surface area contributed by atoms with Gasteiger partial charge in [0.1, 0.15) is 10.2 Å². The summed E-state index contributed by atoms with van der Waals surface area (Å²) in [5.74, 6) is 0.648. The Balaban J connectivity index is 2.18. The normalized spacial score (nSPS) is 11.4. The Labute approximate surface area is 145 Å². The Bertz CT molecular complexity index is 1160. The van der Waals surface area contributed by atoms with Crippen molar-refractivity contribution in [1.29, 1.82) is 0 Å². The molecule has 6 heteroatoms. The van der Waals surface area contributed by atoms with Crippen molar-refractivity contribution in [1.82, 2.24) is 9.55 Å². The Morgan fingerprint density at radius 1 is 1.12 bits per heavy atom. The highest BCUT2D eigenvalue weighted by Crippen LogP contribution is 2.26. The van der Waals surface area contributed by atoms with Crippen LogP contribution >= 0.6 is 22.7 Å². The van der Waals surface area contributed by atoms with Gasteiger partial charge in [0.05, 0.1) is 4.88 Å². The number of aromatic nitrogens is 2. The molecule has 120 valence electrons. The van der Waals surface area contributed by atoms with E-state index in [1.54, 1.807) is 22.0 Å². The summed E-state index contributed by atoms with van der Waals surface area (Å²) in [5.41, 5.74) is -0.461. The van der Waals surface area contributed by atoms with Gasteiger partial charge in [-0.05, 0) is 30.0 Å². The van der Waals surface area contributed by atoms with Gasteiger partial charge >= 0.3 is 0 Å². The third kappa shape index (κ3) is 2.30. The van der Waals surface area contributed by atoms with E-state index in [2.05, 4.69) is 0 Å². The van der Waals surface area contributed by atoms with Gasteiger partial charge in [-0.2, -0.15) is 0 Å². The van der Waals surface area contributed by atoms with Crippen LogP contribution in [0.5, 0.6) is 0 Å². The molecule has 3 aromatic heterocycles. The monoisotopic (exact) mass is 354 g/mol. The average molecular weight is 354 g/mol. The van der Waals surface area contributed by atoms with Crippen LogP contribution in [0, 0.1) is 0 Å². The van der Waals surface area contributed by atoms with Gasteiger partial charge in [-0.1, -0.05) is 25.1 Å². The van der Waals surface area contributed by atoms with Gasteiger partial charge in [0.15, 0.2) is 5.82 Å². The molecular weight excluding hydrogens is 340 g/mol. The second-order valence-electron chi connectivity index (χ2n) is 5.48. The molecule has 0 bridgehead atoms. The highest BCUT2D eigenvalue weighted by molar-refractivity contribution is 7.24. The number of hydrogen-bond acceptors (Lipinski definition) is 5. The lowest BCUT2D eigenvalue weighted by atomic mass is 10.2. The van der Waals surface area contributed by atoms with Crippen LogP contribution < -0.4 is 11.0 Å². The molecule has 0 saturated heterocycles. The van der Waals surface area contributed by atoms with Crippen LogP contribution in [0.4, 0.5) is 0 Å². The number of hydrogen-bond donors (Lipinski definition) is 0. The maximum atomic E-state index is 13.0. The summed E-state index contributed by atoms with van der Waals surface area (Å²) in [7, 11) is 0. The number of fused-ring (bicyclic) bond motifs is 2. The zero-order valence-electron chi connectivity index (χ0n) is 13.0. The lowest BCUT2D eigenvalue weighted by Crippen LogP contribution is -2.27. The zero-order valence-corrected chi connectivity index (χ0v) is 14.6. The highest BCUT2D eigenvalue weighted by atomic mass is 32.1. The van der Waals surface area contributed by atoms with Crippen LogP contribution in [-0.2, 0) is 6.54 Å². The van der Waals surface area contributed by atoms with E-state index in [1.807, 2.05) is 42.6 Å². The maximum Gasteiger partial charge on any atom is 0.266 e. The van der Waals surface area contributed by atoms with Crippen LogP contribution in [0.15, 0.2) is 51.4 Å². The van der Waals surface area contributed by atoms with E-state index in [1.165, 1.54) is 11.3 Å². The molecule has 0 aliphatic heterocycles. The smallest absolute Gasteiger partial charge is 0.266 e. The Hall–Kier alpha value is -2.31. The summed E-state index contributed by atoms with van der Waals surface area (Å²) >= 11 is 2.94. The van der Waals surface area contributed by atoms with Crippen molar-refractivity contribution in [2.45, 2.75) is 19.9 Å². The number of nitrogens with zero attached hydrogens (tertiary/aromatic N) is 2. The van der Waals surface area contributed by atoms with Crippen LogP contribution in [-0.4, -0.2) is 9.55 Å². The molecule has 0 radical (unpaired) electrons. The molecule has 0 fully saturated rings. The minimum atomic E-state index is -0.239. The van der Waals surface area contributed by atoms with E-state index in [4.69, 9.17) is 4.98 Å². The van der Waals surface area contributed by atoms with Crippen molar-refractivity contribution >= 4 is 43.0 Å². The standard InChI is InChI=1S/C18H14N2O2S2/c1-2-9-20-16(13-8-5-10-23-13)19-17-14(18(20)22)15(21)11-6-3-4-7-12(11)24-17/h3-8,10H,2,9H2,1H3. The van der Waals surface area contributed by atoms with Crippen molar-refractivity contribution in [3.63, 3.8) is 0 Å². The summed E-state index contributed by atoms with van der Waals surface area (Å²) in [6.07, 6.45) is 0.802. The van der Waals surface area contributed by atoms with E-state index in [0.29, 0.717) is 22.6 Å². The predicted octanol–water partition coefficient (Wildman–Crippen LogP) is 4.11. The molecule has 3 heterocycles. The molecule has 0 amide bonds. The van der Waals surface area contributed by atoms with E-state index < -0.39 is 0 Å². The van der Waals surface area contributed by atoms with Gasteiger partial charge in [-0.15, -0.1) is 22.7 Å². The topological polar surface area (TPSA) is 52.0 Å². The van der Waals surface area contributed by atoms with Crippen molar-refractivity contribution in [2.75, 3.05) is 0 Å². The fourth-order valence-electron chi connectivity index (χ4n) is 2.81. The molecular formula is C18H14N2O2S2. The van der Waals surface area contributed by atoms with E-state index in [-0.39, 0.29) is 16.4 Å². The SMILES string of the molecule is CCCn1c(-c2cccs2)nc2sc3ccccc3c(=O)c2c1=O. The number of benzene rings is 1. The van der Waals surface area contributed by atoms with Gasteiger partial charge in [0.25, 0.3) is 5.56 Å². The minimum Gasteiger partial charge on any atom is -0.291 e. The van der Waals surface area contributed by atoms with Crippen LogP contribution in [0.1, 0.15) is 13.3 Å². The molecule has 0 N–H and O–H groups in total. The quantitative estimate of drug-likeness (QED) is 0.520. The molecule has 0 unspecified atom stereocenters. The van der Waals surface area contributed by atoms with E-state index in [0.717, 1.165) is 16.0 Å². The first-order chi connectivity index (χ1) is 11.7. The van der Waals surface area contributed by atoms with Crippen molar-refractivity contribution in [2.24, 2.45) is 0 Å². The largest absolute Gasteiger partial charge is 0.291 e. The van der Waals surface area contributed by atoms with E-state index in [9.17, 15) is 9.59 Å². The molecule has 0 saturated carbocycles. The summed E-state index contributed by atoms with van der Waals surface area (Å²) in [5, 5.41) is 2.75. The third-order valence-corrected chi connectivity index (χ3v) is 5.82. The molecule has 4 rings (SSSR count). The van der Waals surface area contributed by atoms with Gasteiger partial charge < -0.3 is 0 Å². The summed E-state index contributed by atoms with van der Waals surface area (Å²) in [6, 6.07) is 11.3. The Morgan fingerprint density at radius 2 is 1.96 bits per heavy atom. The summed E-state index contributed by atoms with van der Waals surface area (Å²) < 4.78 is 2.49. The Morgan fingerprint density at radius 3 is 2.71 bits per heavy atom. The molecule has 4 nitrogen and oxygen atoms in total. The first-order valence-corrected chi connectivity index (χ1v) is 9.40. The number of thiophene rings is 1. The van der Waals surface area contributed by atoms with Crippen LogP contribution in [0.25, 0.3) is 31.0 Å². The van der Waals surface area contributed by atoms with Gasteiger partial charge in [0.2, 0.25) is 5.43 Å². The number of rotatable bonds is 3. The lowest BCUT2D eigenvalue weighted by Gasteiger charge is -2.11. The third-order valence-electron chi connectivity index (χ3n) is 3.89. The van der Waals surface area contributed by atoms with Crippen LogP contribution in [0.3, 0.4) is 0 Å². The van der Waals surface area contributed by atoms with Crippen molar-refractivity contribution in [3.05, 3.63) is 62.4 Å². The fourth-order valence-corrected chi connectivity index (χ4v) is 4.57. The van der Waals surface area contributed by atoms with Crippen molar-refractivity contribution in [3.8, 4) is 10.7 Å². The second-order valence-corrected chi connectivity index (χ2v) is 7.46. The highest BCUT2D eigenvalue weighted by Gasteiger charge is 2.17. The van der Waals surface area contributed by atoms with E-state index >= 15 is 0 Å². The first kappa shape index (κ1) is 15.2. The first-order valence-electron chi connectivity index (χ1n) is 7.71. The second kappa shape index (κ2) is 5.96. The van der Waals surface area contributed by atoms with Crippen LogP contribution in [0.2, 0.25) is 0 Å². The van der Waals surface area contributed by atoms with Gasteiger partial charge in [0, 0.05) is 16.6 Å². The molecule has 0 spiro atoms. The molecule has 0 aliphatic carbocycles. The fraction of sp³-hybridized carbons (Fsp3) is 0.167. The van der Waals surface area contributed by atoms with Gasteiger partial charge in [-0.25, -0.2) is 4.98 Å². The minimum absolute atomic E-state index is 0.201. The van der Waals surface area contributed by atoms with Gasteiger partial charge in [-0.3, -0.25) is 14.2 Å². The maximum absolute atomic E-state index is 13.0. The molecule has 0 atom stereocenters. The average Bonchev–Trinajstić information content (AvgIpc) is 3.11.